The van der Waals surface area contributed by atoms with Crippen LogP contribution >= 0.6 is 11.6 Å². The van der Waals surface area contributed by atoms with E-state index in [0.29, 0.717) is 11.7 Å². The maximum atomic E-state index is 11.7. The molecule has 5 heteroatoms. The number of carbonyl (C=O) groups excluding carboxylic acids is 1. The van der Waals surface area contributed by atoms with Crippen LogP contribution in [0.3, 0.4) is 0 Å². The summed E-state index contributed by atoms with van der Waals surface area (Å²) < 4.78 is 5.23. The summed E-state index contributed by atoms with van der Waals surface area (Å²) in [6.45, 7) is 5.86. The minimum atomic E-state index is -0.493. The number of nitrogens with zero attached hydrogens (tertiary/aromatic N) is 2. The topological polar surface area (TPSA) is 42.4 Å². The van der Waals surface area contributed by atoms with Crippen LogP contribution in [0.4, 0.5) is 4.79 Å². The summed E-state index contributed by atoms with van der Waals surface area (Å²) in [4.78, 5) is 17.3. The van der Waals surface area contributed by atoms with E-state index in [4.69, 9.17) is 16.3 Å². The van der Waals surface area contributed by atoms with Crippen molar-refractivity contribution >= 4 is 17.7 Å². The molecular weight excluding hydrogens is 240 g/mol. The van der Waals surface area contributed by atoms with Crippen LogP contribution in [0.5, 0.6) is 0 Å². The fourth-order valence-electron chi connectivity index (χ4n) is 1.19. The van der Waals surface area contributed by atoms with Gasteiger partial charge in [0.05, 0.1) is 12.2 Å². The maximum absolute atomic E-state index is 11.7. The first kappa shape index (κ1) is 13.8. The van der Waals surface area contributed by atoms with Crippen LogP contribution in [0.15, 0.2) is 18.2 Å². The van der Waals surface area contributed by atoms with E-state index < -0.39 is 5.60 Å². The molecule has 0 bridgehead atoms. The molecule has 1 amide bonds. The lowest BCUT2D eigenvalue weighted by Gasteiger charge is -2.24. The molecule has 0 aliphatic heterocycles. The Bertz CT molecular complexity index is 402. The van der Waals surface area contributed by atoms with Gasteiger partial charge in [0.1, 0.15) is 10.8 Å². The Balaban J connectivity index is 2.60. The van der Waals surface area contributed by atoms with E-state index in [-0.39, 0.29) is 6.09 Å². The molecule has 0 aliphatic rings. The summed E-state index contributed by atoms with van der Waals surface area (Å²) in [5.74, 6) is 0. The quantitative estimate of drug-likeness (QED) is 0.764. The van der Waals surface area contributed by atoms with Crippen molar-refractivity contribution in [3.63, 3.8) is 0 Å². The normalized spacial score (nSPS) is 11.1. The monoisotopic (exact) mass is 256 g/mol. The van der Waals surface area contributed by atoms with Gasteiger partial charge in [0.15, 0.2) is 0 Å². The highest BCUT2D eigenvalue weighted by atomic mass is 35.5. The van der Waals surface area contributed by atoms with Crippen LogP contribution in [0.1, 0.15) is 26.5 Å². The van der Waals surface area contributed by atoms with Crippen molar-refractivity contribution in [3.05, 3.63) is 29.0 Å². The Hall–Kier alpha value is -1.29. The summed E-state index contributed by atoms with van der Waals surface area (Å²) in [5, 5.41) is 0.417. The molecule has 0 unspecified atom stereocenters. The first-order chi connectivity index (χ1) is 7.78. The average Bonchev–Trinajstić information content (AvgIpc) is 2.14. The SMILES string of the molecule is CN(Cc1cccc(Cl)n1)C(=O)OC(C)(C)C. The van der Waals surface area contributed by atoms with Gasteiger partial charge in [-0.25, -0.2) is 9.78 Å². The number of rotatable bonds is 2. The molecule has 0 aromatic carbocycles. The van der Waals surface area contributed by atoms with Gasteiger partial charge in [-0.1, -0.05) is 17.7 Å². The summed E-state index contributed by atoms with van der Waals surface area (Å²) >= 11 is 5.77. The third-order valence-electron chi connectivity index (χ3n) is 1.88. The molecule has 1 aromatic heterocycles. The number of aromatic nitrogens is 1. The van der Waals surface area contributed by atoms with Crippen molar-refractivity contribution < 1.29 is 9.53 Å². The first-order valence-electron chi connectivity index (χ1n) is 5.33. The van der Waals surface area contributed by atoms with Crippen molar-refractivity contribution in [3.8, 4) is 0 Å². The fourth-order valence-corrected chi connectivity index (χ4v) is 1.37. The molecule has 1 aromatic rings. The van der Waals surface area contributed by atoms with Gasteiger partial charge >= 0.3 is 6.09 Å². The number of halogens is 1. The van der Waals surface area contributed by atoms with E-state index in [1.54, 1.807) is 19.2 Å². The van der Waals surface area contributed by atoms with Gasteiger partial charge in [-0.3, -0.25) is 0 Å². The van der Waals surface area contributed by atoms with Crippen molar-refractivity contribution in [1.29, 1.82) is 0 Å². The molecule has 1 rings (SSSR count). The Morgan fingerprint density at radius 1 is 1.47 bits per heavy atom. The van der Waals surface area contributed by atoms with E-state index in [1.165, 1.54) is 4.90 Å². The van der Waals surface area contributed by atoms with Crippen molar-refractivity contribution in [2.75, 3.05) is 7.05 Å². The second kappa shape index (κ2) is 5.36. The van der Waals surface area contributed by atoms with Gasteiger partial charge < -0.3 is 9.64 Å². The van der Waals surface area contributed by atoms with E-state index >= 15 is 0 Å². The average molecular weight is 257 g/mol. The van der Waals surface area contributed by atoms with Crippen molar-refractivity contribution in [2.24, 2.45) is 0 Å². The summed E-state index contributed by atoms with van der Waals surface area (Å²) in [6, 6.07) is 5.30. The van der Waals surface area contributed by atoms with Crippen LogP contribution < -0.4 is 0 Å². The number of hydrogen-bond donors (Lipinski definition) is 0. The zero-order valence-corrected chi connectivity index (χ0v) is 11.3. The molecule has 4 nitrogen and oxygen atoms in total. The van der Waals surface area contributed by atoms with E-state index in [1.807, 2.05) is 26.8 Å². The van der Waals surface area contributed by atoms with Crippen LogP contribution in [0.2, 0.25) is 5.15 Å². The molecule has 17 heavy (non-hydrogen) atoms. The van der Waals surface area contributed by atoms with Crippen LogP contribution in [0, 0.1) is 0 Å². The van der Waals surface area contributed by atoms with E-state index in [9.17, 15) is 4.79 Å². The number of hydrogen-bond acceptors (Lipinski definition) is 3. The summed E-state index contributed by atoms with van der Waals surface area (Å²) in [6.07, 6.45) is -0.376. The number of pyridine rings is 1. The molecule has 94 valence electrons. The lowest BCUT2D eigenvalue weighted by molar-refractivity contribution is 0.0283. The van der Waals surface area contributed by atoms with Crippen LogP contribution in [-0.4, -0.2) is 28.6 Å². The Labute approximate surface area is 107 Å². The number of ether oxygens (including phenoxy) is 1. The van der Waals surface area contributed by atoms with Gasteiger partial charge in [-0.15, -0.1) is 0 Å². The molecule has 0 N–H and O–H groups in total. The van der Waals surface area contributed by atoms with Crippen LogP contribution in [0.25, 0.3) is 0 Å². The predicted molar refractivity (Wildman–Crippen MR) is 66.9 cm³/mol. The van der Waals surface area contributed by atoms with Gasteiger partial charge in [-0.2, -0.15) is 0 Å². The second-order valence-corrected chi connectivity index (χ2v) is 5.18. The van der Waals surface area contributed by atoms with Gasteiger partial charge in [0.25, 0.3) is 0 Å². The Kier molecular flexibility index (Phi) is 4.34. The molecule has 0 aliphatic carbocycles. The fraction of sp³-hybridized carbons (Fsp3) is 0.500. The van der Waals surface area contributed by atoms with Crippen LogP contribution in [-0.2, 0) is 11.3 Å². The maximum Gasteiger partial charge on any atom is 0.410 e. The number of amides is 1. The van der Waals surface area contributed by atoms with Gasteiger partial charge in [0, 0.05) is 7.05 Å². The number of carbonyl (C=O) groups is 1. The third-order valence-corrected chi connectivity index (χ3v) is 2.09. The molecule has 0 atom stereocenters. The summed E-state index contributed by atoms with van der Waals surface area (Å²) in [7, 11) is 1.66. The molecule has 0 radical (unpaired) electrons. The molecule has 0 fully saturated rings. The third kappa shape index (κ3) is 5.04. The van der Waals surface area contributed by atoms with Crippen molar-refractivity contribution in [2.45, 2.75) is 32.9 Å². The predicted octanol–water partition coefficient (Wildman–Crippen LogP) is 3.10. The minimum absolute atomic E-state index is 0.371. The van der Waals surface area contributed by atoms with Gasteiger partial charge in [0.2, 0.25) is 0 Å². The molecular formula is C12H17ClN2O2. The zero-order chi connectivity index (χ0) is 13.1. The Morgan fingerprint density at radius 2 is 2.12 bits per heavy atom. The van der Waals surface area contributed by atoms with E-state index in [2.05, 4.69) is 4.98 Å². The lowest BCUT2D eigenvalue weighted by Crippen LogP contribution is -2.34. The molecule has 0 spiro atoms. The largest absolute Gasteiger partial charge is 0.444 e. The van der Waals surface area contributed by atoms with Crippen molar-refractivity contribution in [1.82, 2.24) is 9.88 Å². The van der Waals surface area contributed by atoms with Gasteiger partial charge in [-0.05, 0) is 32.9 Å². The minimum Gasteiger partial charge on any atom is -0.444 e. The smallest absolute Gasteiger partial charge is 0.410 e. The first-order valence-corrected chi connectivity index (χ1v) is 5.71. The Morgan fingerprint density at radius 3 is 2.65 bits per heavy atom. The zero-order valence-electron chi connectivity index (χ0n) is 10.5. The second-order valence-electron chi connectivity index (χ2n) is 4.79. The molecule has 1 heterocycles. The highest BCUT2D eigenvalue weighted by molar-refractivity contribution is 6.29. The highest BCUT2D eigenvalue weighted by Gasteiger charge is 2.19. The lowest BCUT2D eigenvalue weighted by atomic mass is 10.2. The van der Waals surface area contributed by atoms with E-state index in [0.717, 1.165) is 5.69 Å². The summed E-state index contributed by atoms with van der Waals surface area (Å²) in [5.41, 5.74) is 0.235. The molecule has 0 saturated heterocycles. The highest BCUT2D eigenvalue weighted by Crippen LogP contribution is 2.11. The molecule has 0 saturated carbocycles. The standard InChI is InChI=1S/C12H17ClN2O2/c1-12(2,3)17-11(16)15(4)8-9-6-5-7-10(13)14-9/h5-7H,8H2,1-4H3.